The highest BCUT2D eigenvalue weighted by Gasteiger charge is 2.18. The molecule has 20 heavy (non-hydrogen) atoms. The van der Waals surface area contributed by atoms with Gasteiger partial charge in [0.25, 0.3) is 0 Å². The van der Waals surface area contributed by atoms with E-state index >= 15 is 0 Å². The standard InChI is InChI=1S/C17H23N3/c1-3-20(14-15-9-11-19-12-10-15)17(13-18-2)16-7-5-4-6-8-16/h4-12,17-18H,3,13-14H2,1-2H3. The lowest BCUT2D eigenvalue weighted by Crippen LogP contribution is -2.34. The van der Waals surface area contributed by atoms with Crippen molar-refractivity contribution in [3.8, 4) is 0 Å². The summed E-state index contributed by atoms with van der Waals surface area (Å²) in [5.41, 5.74) is 2.66. The van der Waals surface area contributed by atoms with Gasteiger partial charge in [-0.25, -0.2) is 0 Å². The number of likely N-dealkylation sites (N-methyl/N-ethyl adjacent to an activating group) is 2. The van der Waals surface area contributed by atoms with E-state index in [1.54, 1.807) is 0 Å². The molecule has 0 spiro atoms. The van der Waals surface area contributed by atoms with Crippen molar-refractivity contribution in [3.05, 3.63) is 66.0 Å². The van der Waals surface area contributed by atoms with E-state index in [1.807, 2.05) is 19.4 Å². The molecule has 0 saturated carbocycles. The van der Waals surface area contributed by atoms with Gasteiger partial charge in [0.05, 0.1) is 0 Å². The number of hydrogen-bond acceptors (Lipinski definition) is 3. The molecule has 1 aromatic carbocycles. The summed E-state index contributed by atoms with van der Waals surface area (Å²) in [7, 11) is 2.01. The summed E-state index contributed by atoms with van der Waals surface area (Å²) in [4.78, 5) is 6.57. The molecule has 3 nitrogen and oxygen atoms in total. The van der Waals surface area contributed by atoms with Crippen LogP contribution in [-0.4, -0.2) is 30.0 Å². The minimum Gasteiger partial charge on any atom is -0.318 e. The van der Waals surface area contributed by atoms with E-state index in [4.69, 9.17) is 0 Å². The van der Waals surface area contributed by atoms with E-state index in [9.17, 15) is 0 Å². The zero-order valence-corrected chi connectivity index (χ0v) is 12.3. The van der Waals surface area contributed by atoms with Gasteiger partial charge in [-0.05, 0) is 36.9 Å². The molecule has 3 heteroatoms. The van der Waals surface area contributed by atoms with Gasteiger partial charge in [-0.3, -0.25) is 9.88 Å². The molecule has 0 radical (unpaired) electrons. The second-order valence-corrected chi connectivity index (χ2v) is 4.90. The summed E-state index contributed by atoms with van der Waals surface area (Å²) in [5, 5.41) is 3.31. The Bertz CT molecular complexity index is 484. The number of rotatable bonds is 7. The molecule has 106 valence electrons. The molecule has 1 unspecified atom stereocenters. The Morgan fingerprint density at radius 1 is 1.10 bits per heavy atom. The monoisotopic (exact) mass is 269 g/mol. The normalized spacial score (nSPS) is 12.6. The van der Waals surface area contributed by atoms with Crippen LogP contribution in [0.2, 0.25) is 0 Å². The number of benzene rings is 1. The number of aromatic nitrogens is 1. The summed E-state index contributed by atoms with van der Waals surface area (Å²) in [6, 6.07) is 15.3. The van der Waals surface area contributed by atoms with Gasteiger partial charge < -0.3 is 5.32 Å². The van der Waals surface area contributed by atoms with Gasteiger partial charge in [0.1, 0.15) is 0 Å². The molecule has 0 bridgehead atoms. The van der Waals surface area contributed by atoms with Crippen molar-refractivity contribution in [2.75, 3.05) is 20.1 Å². The molecular weight excluding hydrogens is 246 g/mol. The number of pyridine rings is 1. The average molecular weight is 269 g/mol. The Balaban J connectivity index is 2.17. The largest absolute Gasteiger partial charge is 0.318 e. The summed E-state index contributed by atoms with van der Waals surface area (Å²) < 4.78 is 0. The Labute approximate surface area is 121 Å². The van der Waals surface area contributed by atoms with E-state index in [-0.39, 0.29) is 0 Å². The highest BCUT2D eigenvalue weighted by Crippen LogP contribution is 2.21. The lowest BCUT2D eigenvalue weighted by molar-refractivity contribution is 0.196. The van der Waals surface area contributed by atoms with Gasteiger partial charge in [0, 0.05) is 31.5 Å². The van der Waals surface area contributed by atoms with E-state index in [0.717, 1.165) is 19.6 Å². The third-order valence-electron chi connectivity index (χ3n) is 3.56. The van der Waals surface area contributed by atoms with Gasteiger partial charge in [-0.2, -0.15) is 0 Å². The van der Waals surface area contributed by atoms with Crippen LogP contribution < -0.4 is 5.32 Å². The van der Waals surface area contributed by atoms with E-state index in [1.165, 1.54) is 11.1 Å². The third-order valence-corrected chi connectivity index (χ3v) is 3.56. The Morgan fingerprint density at radius 2 is 1.80 bits per heavy atom. The summed E-state index contributed by atoms with van der Waals surface area (Å²) in [5.74, 6) is 0. The Hall–Kier alpha value is -1.71. The van der Waals surface area contributed by atoms with Crippen LogP contribution in [-0.2, 0) is 6.54 Å². The topological polar surface area (TPSA) is 28.2 Å². The SMILES string of the molecule is CCN(Cc1ccncc1)C(CNC)c1ccccc1. The molecule has 2 rings (SSSR count). The zero-order valence-electron chi connectivity index (χ0n) is 12.3. The molecule has 2 aromatic rings. The van der Waals surface area contributed by atoms with E-state index in [0.29, 0.717) is 6.04 Å². The molecular formula is C17H23N3. The predicted octanol–water partition coefficient (Wildman–Crippen LogP) is 2.86. The molecule has 0 fully saturated rings. The zero-order chi connectivity index (χ0) is 14.2. The maximum atomic E-state index is 4.09. The highest BCUT2D eigenvalue weighted by atomic mass is 15.2. The van der Waals surface area contributed by atoms with Gasteiger partial charge in [0.2, 0.25) is 0 Å². The first-order valence-corrected chi connectivity index (χ1v) is 7.17. The molecule has 1 aromatic heterocycles. The Morgan fingerprint density at radius 3 is 2.40 bits per heavy atom. The van der Waals surface area contributed by atoms with Crippen LogP contribution in [0.5, 0.6) is 0 Å². The predicted molar refractivity (Wildman–Crippen MR) is 83.4 cm³/mol. The lowest BCUT2D eigenvalue weighted by Gasteiger charge is -2.31. The number of nitrogens with one attached hydrogen (secondary N) is 1. The molecule has 1 heterocycles. The first-order chi connectivity index (χ1) is 9.85. The molecule has 0 aliphatic heterocycles. The van der Waals surface area contributed by atoms with Crippen molar-refractivity contribution in [2.45, 2.75) is 19.5 Å². The van der Waals surface area contributed by atoms with E-state index in [2.05, 4.69) is 64.6 Å². The summed E-state index contributed by atoms with van der Waals surface area (Å²) >= 11 is 0. The van der Waals surface area contributed by atoms with Crippen molar-refractivity contribution in [3.63, 3.8) is 0 Å². The summed E-state index contributed by atoms with van der Waals surface area (Å²) in [6.07, 6.45) is 3.72. The minimum atomic E-state index is 0.388. The smallest absolute Gasteiger partial charge is 0.0475 e. The second-order valence-electron chi connectivity index (χ2n) is 4.90. The Kier molecular flexibility index (Phi) is 5.71. The quantitative estimate of drug-likeness (QED) is 0.837. The molecule has 0 amide bonds. The van der Waals surface area contributed by atoms with Gasteiger partial charge >= 0.3 is 0 Å². The molecule has 0 aliphatic rings. The van der Waals surface area contributed by atoms with Crippen LogP contribution in [0.25, 0.3) is 0 Å². The second kappa shape index (κ2) is 7.78. The summed E-state index contributed by atoms with van der Waals surface area (Å²) in [6.45, 7) is 5.12. The first kappa shape index (κ1) is 14.7. The maximum absolute atomic E-state index is 4.09. The van der Waals surface area contributed by atoms with Crippen LogP contribution in [0, 0.1) is 0 Å². The highest BCUT2D eigenvalue weighted by molar-refractivity contribution is 5.20. The first-order valence-electron chi connectivity index (χ1n) is 7.17. The fourth-order valence-electron chi connectivity index (χ4n) is 2.49. The molecule has 1 atom stereocenters. The van der Waals surface area contributed by atoms with Crippen molar-refractivity contribution >= 4 is 0 Å². The van der Waals surface area contributed by atoms with Crippen molar-refractivity contribution < 1.29 is 0 Å². The van der Waals surface area contributed by atoms with Crippen molar-refractivity contribution in [2.24, 2.45) is 0 Å². The lowest BCUT2D eigenvalue weighted by atomic mass is 10.0. The van der Waals surface area contributed by atoms with Crippen LogP contribution in [0.15, 0.2) is 54.9 Å². The minimum absolute atomic E-state index is 0.388. The number of nitrogens with zero attached hydrogens (tertiary/aromatic N) is 2. The molecule has 1 N–H and O–H groups in total. The van der Waals surface area contributed by atoms with Gasteiger partial charge in [0.15, 0.2) is 0 Å². The maximum Gasteiger partial charge on any atom is 0.0475 e. The van der Waals surface area contributed by atoms with E-state index < -0.39 is 0 Å². The third kappa shape index (κ3) is 3.89. The van der Waals surface area contributed by atoms with Crippen LogP contribution in [0.1, 0.15) is 24.1 Å². The number of hydrogen-bond donors (Lipinski definition) is 1. The molecule has 0 aliphatic carbocycles. The van der Waals surface area contributed by atoms with Gasteiger partial charge in [-0.1, -0.05) is 37.3 Å². The van der Waals surface area contributed by atoms with Crippen LogP contribution in [0.3, 0.4) is 0 Å². The fourth-order valence-corrected chi connectivity index (χ4v) is 2.49. The average Bonchev–Trinajstić information content (AvgIpc) is 2.52. The van der Waals surface area contributed by atoms with Crippen LogP contribution >= 0.6 is 0 Å². The van der Waals surface area contributed by atoms with Crippen molar-refractivity contribution in [1.82, 2.24) is 15.2 Å². The molecule has 0 saturated heterocycles. The van der Waals surface area contributed by atoms with Gasteiger partial charge in [-0.15, -0.1) is 0 Å². The van der Waals surface area contributed by atoms with Crippen LogP contribution in [0.4, 0.5) is 0 Å². The van der Waals surface area contributed by atoms with Crippen molar-refractivity contribution in [1.29, 1.82) is 0 Å². The fraction of sp³-hybridized carbons (Fsp3) is 0.353.